The van der Waals surface area contributed by atoms with Crippen LogP contribution in [0.15, 0.2) is 75.5 Å². The molecule has 1 atom stereocenters. The summed E-state index contributed by atoms with van der Waals surface area (Å²) >= 11 is 0. The number of ether oxygens (including phenoxy) is 12. The maximum Gasteiger partial charge on any atom is 0.362 e. The number of nitrogens with two attached hydrogens (primary N) is 1. The summed E-state index contributed by atoms with van der Waals surface area (Å²) in [4.78, 5) is 89.4. The number of pyridine rings is 1. The second-order valence-electron chi connectivity index (χ2n) is 18.7. The molecule has 1 aromatic heterocycles. The van der Waals surface area contributed by atoms with Crippen molar-refractivity contribution in [2.75, 3.05) is 133 Å². The van der Waals surface area contributed by atoms with Crippen LogP contribution in [0.3, 0.4) is 0 Å². The molecule has 556 valence electrons. The third-order valence-corrected chi connectivity index (χ3v) is 11.9. The predicted molar refractivity (Wildman–Crippen MR) is 332 cm³/mol. The van der Waals surface area contributed by atoms with Gasteiger partial charge in [0.05, 0.1) is 40.0 Å². The lowest BCUT2D eigenvalue weighted by atomic mass is 10.1. The number of hydrogen-bond donors (Lipinski definition) is 7. The minimum atomic E-state index is -1.44. The van der Waals surface area contributed by atoms with E-state index in [1.807, 2.05) is 0 Å². The van der Waals surface area contributed by atoms with E-state index >= 15 is 0 Å². The lowest BCUT2D eigenvalue weighted by Gasteiger charge is -2.20. The number of aliphatic imine (C=N–C) groups is 1. The van der Waals surface area contributed by atoms with Gasteiger partial charge in [-0.3, -0.25) is 29.0 Å². The average Bonchev–Trinajstić information content (AvgIpc) is 0.781. The van der Waals surface area contributed by atoms with Crippen molar-refractivity contribution in [3.8, 4) is 5.75 Å². The molecule has 3 aromatic carbocycles. The fraction of sp³-hybridized carbons (Fsp3) is 0.443. The first kappa shape index (κ1) is 92.1. The molecule has 38 heteroatoms. The van der Waals surface area contributed by atoms with Gasteiger partial charge in [-0.2, -0.15) is 0 Å². The van der Waals surface area contributed by atoms with Crippen LogP contribution in [0.4, 0.5) is 39.5 Å². The lowest BCUT2D eigenvalue weighted by molar-refractivity contribution is -0.174. The number of aliphatic hydroxyl groups is 3. The molecule has 0 aliphatic carbocycles. The van der Waals surface area contributed by atoms with Crippen LogP contribution in [0.1, 0.15) is 37.5 Å². The summed E-state index contributed by atoms with van der Waals surface area (Å²) in [6, 6.07) is 2.94. The van der Waals surface area contributed by atoms with Gasteiger partial charge < -0.3 is 103 Å². The van der Waals surface area contributed by atoms with Crippen molar-refractivity contribution >= 4 is 41.7 Å². The molecule has 1 unspecified atom stereocenters. The number of ketones is 1. The quantitative estimate of drug-likeness (QED) is 0.00556. The zero-order valence-corrected chi connectivity index (χ0v) is 56.6. The number of nitrogens with zero attached hydrogens (tertiary/aromatic N) is 3. The third kappa shape index (κ3) is 32.5. The van der Waals surface area contributed by atoms with Crippen molar-refractivity contribution in [3.05, 3.63) is 156 Å². The molecular formula is C61H82F9N7O22. The van der Waals surface area contributed by atoms with Gasteiger partial charge in [-0.1, -0.05) is 0 Å². The number of benzene rings is 3. The molecule has 99 heavy (non-hydrogen) atoms. The second kappa shape index (κ2) is 50.4. The van der Waals surface area contributed by atoms with E-state index in [2.05, 4.69) is 35.2 Å². The molecule has 4 rings (SSSR count). The summed E-state index contributed by atoms with van der Waals surface area (Å²) in [6.07, 6.45) is 0.163. The number of esters is 2. The summed E-state index contributed by atoms with van der Waals surface area (Å²) in [7, 11) is 20.0. The van der Waals surface area contributed by atoms with Gasteiger partial charge in [-0.25, -0.2) is 49.1 Å². The molecule has 0 fully saturated rings. The van der Waals surface area contributed by atoms with Crippen molar-refractivity contribution in [2.45, 2.75) is 51.3 Å². The Bertz CT molecular complexity index is 3280. The fourth-order valence-electron chi connectivity index (χ4n) is 7.03. The highest BCUT2D eigenvalue weighted by molar-refractivity contribution is 6.19. The molecule has 0 saturated heterocycles. The number of nitrogens with one attached hydrogen (secondary N) is 3. The van der Waals surface area contributed by atoms with Crippen LogP contribution in [-0.2, 0) is 97.5 Å². The molecule has 0 bridgehead atoms. The summed E-state index contributed by atoms with van der Waals surface area (Å²) in [5.74, 6) is -16.1. The number of aromatic nitrogens is 1. The summed E-state index contributed by atoms with van der Waals surface area (Å²) in [5.41, 5.74) is 1.27. The molecule has 0 saturated carbocycles. The van der Waals surface area contributed by atoms with Crippen LogP contribution in [0.25, 0.3) is 0 Å². The highest BCUT2D eigenvalue weighted by atomic mass is 19.2. The molecule has 29 nitrogen and oxygen atoms in total. The molecule has 8 N–H and O–H groups in total. The van der Waals surface area contributed by atoms with E-state index in [9.17, 15) is 78.2 Å². The molecule has 1 heterocycles. The van der Waals surface area contributed by atoms with Crippen LogP contribution in [0, 0.1) is 52.4 Å². The van der Waals surface area contributed by atoms with E-state index in [0.29, 0.717) is 42.9 Å². The molecule has 0 spiro atoms. The maximum atomic E-state index is 13.8. The van der Waals surface area contributed by atoms with Gasteiger partial charge in [0.15, 0.2) is 36.1 Å². The highest BCUT2D eigenvalue weighted by Crippen LogP contribution is 2.21. The van der Waals surface area contributed by atoms with E-state index in [-0.39, 0.29) is 49.4 Å². The first-order valence-electron chi connectivity index (χ1n) is 27.9. The number of hydrogen-bond acceptors (Lipinski definition) is 25. The van der Waals surface area contributed by atoms with E-state index < -0.39 is 165 Å². The Kier molecular flexibility index (Phi) is 46.9. The monoisotopic (exact) mass is 1440 g/mol. The van der Waals surface area contributed by atoms with Gasteiger partial charge in [-0.15, -0.1) is 0 Å². The SMILES string of the molecule is CO.COC(=O)C(O)OC.COC(=O)c1c(OC)c(=O)c(C(=O)NCc2c(F)cc(F)cc2F)cn1CC(OC)OC.COC(CN)OC.COCC(=O)/C(=C/N(C)C)C(=O)NCc1c(F)cc(F)cc1F.COCC(O)=C(C=NCC(OC)OC)C(=O)NCc1c(F)cc(F)cc1F. The van der Waals surface area contributed by atoms with Gasteiger partial charge in [0.25, 0.3) is 24.0 Å². The normalized spacial score (nSPS) is 11.4. The number of carbonyl (C=O) groups excluding carboxylic acids is 6. The minimum Gasteiger partial charge on any atom is -0.509 e. The number of carbonyl (C=O) groups is 6. The van der Waals surface area contributed by atoms with Gasteiger partial charge >= 0.3 is 11.9 Å². The topological polar surface area (TPSA) is 374 Å². The Morgan fingerprint density at radius 2 is 1.01 bits per heavy atom. The average molecular weight is 1440 g/mol. The Balaban J connectivity index is 0. The predicted octanol–water partition coefficient (Wildman–Crippen LogP) is 3.16. The number of halogens is 9. The van der Waals surface area contributed by atoms with Gasteiger partial charge in [0.1, 0.15) is 82.5 Å². The Morgan fingerprint density at radius 3 is 1.34 bits per heavy atom. The third-order valence-electron chi connectivity index (χ3n) is 11.9. The van der Waals surface area contributed by atoms with Crippen LogP contribution in [0.2, 0.25) is 0 Å². The number of Topliss-reactive ketones (excluding diaryl/α,β-unsaturated/α-hetero) is 1. The van der Waals surface area contributed by atoms with Crippen LogP contribution >= 0.6 is 0 Å². The second-order valence-corrected chi connectivity index (χ2v) is 18.7. The van der Waals surface area contributed by atoms with E-state index in [1.54, 1.807) is 28.3 Å². The molecule has 4 aromatic rings. The zero-order chi connectivity index (χ0) is 76.2. The first-order valence-corrected chi connectivity index (χ1v) is 27.9. The summed E-state index contributed by atoms with van der Waals surface area (Å²) in [5, 5.41) is 32.0. The Hall–Kier alpha value is -8.93. The number of amides is 3. The number of aliphatic hydroxyl groups excluding tert-OH is 3. The van der Waals surface area contributed by atoms with Crippen molar-refractivity contribution < 1.29 is 140 Å². The molecule has 0 aliphatic heterocycles. The van der Waals surface area contributed by atoms with Crippen molar-refractivity contribution in [2.24, 2.45) is 10.7 Å². The zero-order valence-electron chi connectivity index (χ0n) is 56.6. The van der Waals surface area contributed by atoms with Gasteiger partial charge in [-0.05, 0) is 0 Å². The van der Waals surface area contributed by atoms with Crippen LogP contribution < -0.4 is 31.8 Å². The molecule has 0 radical (unpaired) electrons. The van der Waals surface area contributed by atoms with E-state index in [1.165, 1.54) is 68.0 Å². The van der Waals surface area contributed by atoms with Crippen LogP contribution in [-0.4, -0.2) is 224 Å². The minimum absolute atomic E-state index is 0.0330. The Labute approximate surface area is 563 Å². The molecule has 0 aliphatic rings. The fourth-order valence-corrected chi connectivity index (χ4v) is 7.03. The van der Waals surface area contributed by atoms with Crippen molar-refractivity contribution in [1.82, 2.24) is 25.4 Å². The van der Waals surface area contributed by atoms with E-state index in [0.717, 1.165) is 38.3 Å². The van der Waals surface area contributed by atoms with Crippen LogP contribution in [0.5, 0.6) is 5.75 Å². The number of methoxy groups -OCH3 is 12. The Morgan fingerprint density at radius 1 is 0.596 bits per heavy atom. The van der Waals surface area contributed by atoms with E-state index in [4.69, 9.17) is 58.6 Å². The number of rotatable bonds is 31. The standard InChI is InChI=1S/C20H21F3N2O7.C17H21F3N2O5.C15H17F3N2O3.C4H11NO2.C4H8O4.CH4O/c1-29-15(30-2)9-25-8-12(17(26)18(31-3)16(25)20(28)32-4)19(27)24-7-11-13(22)5-10(21)6-14(11)23;1-25-9-15(23)12(6-21-8-16(26-2)27-3)17(24)22-7-11-13(19)4-10(18)5-14(11)20;1-20(2)7-11(14(21)8-23-3)15(22)19-6-10-12(17)4-9(16)5-13(10)18;1-6-4(3-5)7-2;1-7-3(5)4(6)8-2;1-2/h5-6,8,15H,7,9H2,1-4H3,(H,24,27);4-6,16,23H,7-9H2,1-3H3,(H,22,24);4-5,7H,6,8H2,1-3H3,(H,19,22);4H,3,5H2,1-2H3;3,5H,1-2H3;2H,1H3/b;;11-7-;;;. The van der Waals surface area contributed by atoms with Crippen molar-refractivity contribution in [3.63, 3.8) is 0 Å². The van der Waals surface area contributed by atoms with Gasteiger partial charge in [0, 0.05) is 183 Å². The maximum absolute atomic E-state index is 13.8. The lowest BCUT2D eigenvalue weighted by Crippen LogP contribution is -2.34. The largest absolute Gasteiger partial charge is 0.509 e. The first-order chi connectivity index (χ1) is 46.8. The summed E-state index contributed by atoms with van der Waals surface area (Å²) < 4.78 is 179. The molecule has 3 amide bonds. The molecular weight excluding hydrogens is 1350 g/mol. The summed E-state index contributed by atoms with van der Waals surface area (Å²) in [6.45, 7) is -2.06. The smallest absolute Gasteiger partial charge is 0.362 e. The van der Waals surface area contributed by atoms with Gasteiger partial charge in [0.2, 0.25) is 5.43 Å². The highest BCUT2D eigenvalue weighted by Gasteiger charge is 2.28. The van der Waals surface area contributed by atoms with Crippen molar-refractivity contribution in [1.29, 1.82) is 0 Å².